The molecular formula is C23H27FN2O3. The van der Waals surface area contributed by atoms with Gasteiger partial charge in [-0.3, -0.25) is 4.79 Å². The van der Waals surface area contributed by atoms with E-state index in [1.54, 1.807) is 12.1 Å². The fourth-order valence-corrected chi connectivity index (χ4v) is 4.37. The van der Waals surface area contributed by atoms with Gasteiger partial charge in [-0.25, -0.2) is 4.39 Å². The zero-order valence-electron chi connectivity index (χ0n) is 16.4. The minimum absolute atomic E-state index is 0.00515. The highest BCUT2D eigenvalue weighted by Gasteiger charge is 2.37. The number of halogens is 1. The molecule has 1 fully saturated rings. The lowest BCUT2D eigenvalue weighted by Crippen LogP contribution is -2.50. The molecular weight excluding hydrogens is 371 g/mol. The Morgan fingerprint density at radius 2 is 1.97 bits per heavy atom. The van der Waals surface area contributed by atoms with Gasteiger partial charge in [0.05, 0.1) is 19.3 Å². The van der Waals surface area contributed by atoms with Gasteiger partial charge in [-0.05, 0) is 48.1 Å². The van der Waals surface area contributed by atoms with Crippen molar-refractivity contribution in [2.75, 3.05) is 26.3 Å². The molecule has 2 aromatic rings. The molecule has 0 spiro atoms. The average molecular weight is 398 g/mol. The van der Waals surface area contributed by atoms with E-state index < -0.39 is 6.10 Å². The van der Waals surface area contributed by atoms with Crippen molar-refractivity contribution in [1.82, 2.24) is 10.2 Å². The largest absolute Gasteiger partial charge is 0.395 e. The standard InChI is InChI=1S/C23H27FN2O3/c24-18-7-5-17(6-8-18)22-20-4-2-1-3-16(20)11-13-26(22)23(28)21-10-9-19(15-29-21)25-12-14-27/h1-8,19,21-22,25,27H,9-15H2/t19-,21-,22-/m0/s1. The van der Waals surface area contributed by atoms with Gasteiger partial charge in [0.15, 0.2) is 0 Å². The molecule has 2 heterocycles. The second-order valence-electron chi connectivity index (χ2n) is 7.71. The number of hydrogen-bond donors (Lipinski definition) is 2. The number of fused-ring (bicyclic) bond motifs is 1. The molecule has 154 valence electrons. The maximum atomic E-state index is 13.5. The Labute approximate surface area is 170 Å². The lowest BCUT2D eigenvalue weighted by Gasteiger charge is -2.40. The molecule has 4 rings (SSSR count). The number of ether oxygens (including phenoxy) is 1. The topological polar surface area (TPSA) is 61.8 Å². The summed E-state index contributed by atoms with van der Waals surface area (Å²) >= 11 is 0. The highest BCUT2D eigenvalue weighted by Crippen LogP contribution is 2.36. The zero-order valence-corrected chi connectivity index (χ0v) is 16.4. The first-order valence-electron chi connectivity index (χ1n) is 10.3. The van der Waals surface area contributed by atoms with E-state index in [0.29, 0.717) is 26.1 Å². The smallest absolute Gasteiger partial charge is 0.252 e. The molecule has 2 aromatic carbocycles. The number of nitrogens with one attached hydrogen (secondary N) is 1. The SMILES string of the molecule is O=C([C@@H]1CC[C@H](NCCO)CO1)N1CCc2ccccc2[C@@H]1c1ccc(F)cc1. The maximum absolute atomic E-state index is 13.5. The fourth-order valence-electron chi connectivity index (χ4n) is 4.37. The summed E-state index contributed by atoms with van der Waals surface area (Å²) in [6.07, 6.45) is 1.82. The number of aliphatic hydroxyl groups is 1. The normalized spacial score (nSPS) is 24.2. The minimum atomic E-state index is -0.463. The summed E-state index contributed by atoms with van der Waals surface area (Å²) in [7, 11) is 0. The van der Waals surface area contributed by atoms with Crippen molar-refractivity contribution in [3.05, 3.63) is 71.0 Å². The molecule has 0 aliphatic carbocycles. The van der Waals surface area contributed by atoms with Crippen LogP contribution in [-0.2, 0) is 16.0 Å². The molecule has 1 amide bonds. The fraction of sp³-hybridized carbons (Fsp3) is 0.435. The van der Waals surface area contributed by atoms with Crippen LogP contribution in [0.1, 0.15) is 35.6 Å². The van der Waals surface area contributed by atoms with Crippen molar-refractivity contribution in [3.63, 3.8) is 0 Å². The molecule has 6 heteroatoms. The van der Waals surface area contributed by atoms with Crippen LogP contribution in [-0.4, -0.2) is 54.4 Å². The highest BCUT2D eigenvalue weighted by molar-refractivity contribution is 5.82. The van der Waals surface area contributed by atoms with Crippen LogP contribution < -0.4 is 5.32 Å². The van der Waals surface area contributed by atoms with Crippen LogP contribution in [0, 0.1) is 5.82 Å². The van der Waals surface area contributed by atoms with Crippen molar-refractivity contribution in [2.45, 2.75) is 37.5 Å². The van der Waals surface area contributed by atoms with E-state index in [2.05, 4.69) is 17.4 Å². The van der Waals surface area contributed by atoms with Gasteiger partial charge in [0.25, 0.3) is 5.91 Å². The molecule has 0 saturated carbocycles. The van der Waals surface area contributed by atoms with E-state index in [0.717, 1.165) is 24.0 Å². The number of amides is 1. The van der Waals surface area contributed by atoms with Crippen molar-refractivity contribution < 1.29 is 19.0 Å². The molecule has 5 nitrogen and oxygen atoms in total. The monoisotopic (exact) mass is 398 g/mol. The second kappa shape index (κ2) is 9.03. The summed E-state index contributed by atoms with van der Waals surface area (Å²) in [4.78, 5) is 15.3. The van der Waals surface area contributed by atoms with Crippen LogP contribution >= 0.6 is 0 Å². The van der Waals surface area contributed by atoms with E-state index in [-0.39, 0.29) is 30.4 Å². The van der Waals surface area contributed by atoms with Gasteiger partial charge in [0.2, 0.25) is 0 Å². The quantitative estimate of drug-likeness (QED) is 0.812. The van der Waals surface area contributed by atoms with Crippen LogP contribution in [0.4, 0.5) is 4.39 Å². The second-order valence-corrected chi connectivity index (χ2v) is 7.71. The summed E-state index contributed by atoms with van der Waals surface area (Å²) in [5, 5.41) is 12.2. The number of nitrogens with zero attached hydrogens (tertiary/aromatic N) is 1. The predicted molar refractivity (Wildman–Crippen MR) is 108 cm³/mol. The summed E-state index contributed by atoms with van der Waals surface area (Å²) in [5.41, 5.74) is 3.23. The number of hydrogen-bond acceptors (Lipinski definition) is 4. The van der Waals surface area contributed by atoms with E-state index in [4.69, 9.17) is 9.84 Å². The number of carbonyl (C=O) groups is 1. The summed E-state index contributed by atoms with van der Waals surface area (Å²) in [6, 6.07) is 14.5. The van der Waals surface area contributed by atoms with Crippen LogP contribution in [0.25, 0.3) is 0 Å². The van der Waals surface area contributed by atoms with Crippen LogP contribution in [0.5, 0.6) is 0 Å². The number of benzene rings is 2. The molecule has 0 unspecified atom stereocenters. The van der Waals surface area contributed by atoms with E-state index in [1.165, 1.54) is 17.7 Å². The number of rotatable bonds is 5. The van der Waals surface area contributed by atoms with Gasteiger partial charge in [-0.15, -0.1) is 0 Å². The molecule has 3 atom stereocenters. The van der Waals surface area contributed by atoms with E-state index >= 15 is 0 Å². The average Bonchev–Trinajstić information content (AvgIpc) is 2.77. The Hall–Kier alpha value is -2.28. The molecule has 1 saturated heterocycles. The molecule has 0 bridgehead atoms. The molecule has 29 heavy (non-hydrogen) atoms. The predicted octanol–water partition coefficient (Wildman–Crippen LogP) is 2.43. The van der Waals surface area contributed by atoms with E-state index in [1.807, 2.05) is 17.0 Å². The van der Waals surface area contributed by atoms with Gasteiger partial charge in [0.1, 0.15) is 11.9 Å². The van der Waals surface area contributed by atoms with Gasteiger partial charge in [-0.1, -0.05) is 36.4 Å². The summed E-state index contributed by atoms with van der Waals surface area (Å²) < 4.78 is 19.4. The van der Waals surface area contributed by atoms with Crippen molar-refractivity contribution >= 4 is 5.91 Å². The first-order valence-corrected chi connectivity index (χ1v) is 10.3. The molecule has 2 N–H and O–H groups in total. The maximum Gasteiger partial charge on any atom is 0.252 e. The molecule has 2 aliphatic heterocycles. The van der Waals surface area contributed by atoms with E-state index in [9.17, 15) is 9.18 Å². The van der Waals surface area contributed by atoms with Gasteiger partial charge in [-0.2, -0.15) is 0 Å². The Balaban J connectivity index is 1.55. The lowest BCUT2D eigenvalue weighted by atomic mass is 9.87. The molecule has 2 aliphatic rings. The minimum Gasteiger partial charge on any atom is -0.395 e. The first kappa shape index (κ1) is 20.0. The number of carbonyl (C=O) groups excluding carboxylic acids is 1. The zero-order chi connectivity index (χ0) is 20.2. The third-order valence-electron chi connectivity index (χ3n) is 5.85. The third-order valence-corrected chi connectivity index (χ3v) is 5.85. The van der Waals surface area contributed by atoms with Crippen LogP contribution in [0.3, 0.4) is 0 Å². The van der Waals surface area contributed by atoms with Crippen LogP contribution in [0.2, 0.25) is 0 Å². The number of aliphatic hydroxyl groups excluding tert-OH is 1. The lowest BCUT2D eigenvalue weighted by molar-refractivity contribution is -0.149. The summed E-state index contributed by atoms with van der Waals surface area (Å²) in [6.45, 7) is 1.69. The summed E-state index contributed by atoms with van der Waals surface area (Å²) in [5.74, 6) is -0.290. The van der Waals surface area contributed by atoms with Crippen molar-refractivity contribution in [3.8, 4) is 0 Å². The van der Waals surface area contributed by atoms with Crippen LogP contribution in [0.15, 0.2) is 48.5 Å². The Morgan fingerprint density at radius 1 is 1.17 bits per heavy atom. The Bertz CT molecular complexity index is 834. The highest BCUT2D eigenvalue weighted by atomic mass is 19.1. The van der Waals surface area contributed by atoms with Crippen molar-refractivity contribution in [2.24, 2.45) is 0 Å². The Morgan fingerprint density at radius 3 is 2.69 bits per heavy atom. The third kappa shape index (κ3) is 4.34. The van der Waals surface area contributed by atoms with Gasteiger partial charge >= 0.3 is 0 Å². The first-order chi connectivity index (χ1) is 14.2. The molecule has 0 radical (unpaired) electrons. The van der Waals surface area contributed by atoms with Gasteiger partial charge < -0.3 is 20.1 Å². The molecule has 0 aromatic heterocycles. The van der Waals surface area contributed by atoms with Gasteiger partial charge in [0, 0.05) is 19.1 Å². The Kier molecular flexibility index (Phi) is 6.23. The van der Waals surface area contributed by atoms with Crippen molar-refractivity contribution in [1.29, 1.82) is 0 Å².